The Bertz CT molecular complexity index is 1070. The third kappa shape index (κ3) is 7.13. The van der Waals surface area contributed by atoms with Gasteiger partial charge < -0.3 is 10.1 Å². The van der Waals surface area contributed by atoms with Crippen molar-refractivity contribution in [2.24, 2.45) is 0 Å². The molecule has 0 saturated heterocycles. The zero-order chi connectivity index (χ0) is 21.9. The van der Waals surface area contributed by atoms with Crippen molar-refractivity contribution in [3.8, 4) is 11.8 Å². The standard InChI is InChI=1S/C26H23FN2O2/c27-24-13-11-21(12-14-24)19-31-25-10-4-8-22(17-25)16-23(18-28)26(30)29-15-5-9-20-6-2-1-3-7-20/h1-4,6-8,10-14,16-17H,5,9,15,19H2,(H,29,30)/b23-16-. The van der Waals surface area contributed by atoms with Gasteiger partial charge in [0, 0.05) is 6.54 Å². The van der Waals surface area contributed by atoms with Gasteiger partial charge in [-0.1, -0.05) is 54.6 Å². The maximum Gasteiger partial charge on any atom is 0.261 e. The molecule has 1 N–H and O–H groups in total. The van der Waals surface area contributed by atoms with Crippen LogP contribution in [0.15, 0.2) is 84.4 Å². The second kappa shape index (κ2) is 11.3. The van der Waals surface area contributed by atoms with Gasteiger partial charge in [0.05, 0.1) is 0 Å². The van der Waals surface area contributed by atoms with E-state index in [0.29, 0.717) is 24.5 Å². The predicted molar refractivity (Wildman–Crippen MR) is 119 cm³/mol. The lowest BCUT2D eigenvalue weighted by Crippen LogP contribution is -2.25. The van der Waals surface area contributed by atoms with Crippen LogP contribution in [0.4, 0.5) is 4.39 Å². The summed E-state index contributed by atoms with van der Waals surface area (Å²) < 4.78 is 18.7. The van der Waals surface area contributed by atoms with E-state index in [1.54, 1.807) is 36.4 Å². The number of amides is 1. The van der Waals surface area contributed by atoms with Crippen molar-refractivity contribution in [1.82, 2.24) is 5.32 Å². The number of nitrogens with zero attached hydrogens (tertiary/aromatic N) is 1. The second-order valence-electron chi connectivity index (χ2n) is 7.00. The van der Waals surface area contributed by atoms with Gasteiger partial charge in [0.25, 0.3) is 5.91 Å². The Balaban J connectivity index is 1.54. The summed E-state index contributed by atoms with van der Waals surface area (Å²) in [6.07, 6.45) is 3.19. The zero-order valence-electron chi connectivity index (χ0n) is 17.1. The number of hydrogen-bond donors (Lipinski definition) is 1. The zero-order valence-corrected chi connectivity index (χ0v) is 17.1. The highest BCUT2D eigenvalue weighted by Crippen LogP contribution is 2.17. The van der Waals surface area contributed by atoms with Crippen LogP contribution in [-0.4, -0.2) is 12.5 Å². The molecule has 1 amide bonds. The fraction of sp³-hybridized carbons (Fsp3) is 0.154. The van der Waals surface area contributed by atoms with Crippen molar-refractivity contribution in [2.45, 2.75) is 19.4 Å². The molecule has 0 saturated carbocycles. The summed E-state index contributed by atoms with van der Waals surface area (Å²) in [5.74, 6) is -0.0925. The molecule has 0 aliphatic heterocycles. The Labute approximate surface area is 181 Å². The Kier molecular flexibility index (Phi) is 7.96. The molecule has 4 nitrogen and oxygen atoms in total. The van der Waals surface area contributed by atoms with Gasteiger partial charge >= 0.3 is 0 Å². The maximum absolute atomic E-state index is 13.0. The van der Waals surface area contributed by atoms with Crippen molar-refractivity contribution in [3.05, 3.63) is 107 Å². The van der Waals surface area contributed by atoms with Crippen molar-refractivity contribution >= 4 is 12.0 Å². The maximum atomic E-state index is 13.0. The number of carbonyl (C=O) groups excluding carboxylic acids is 1. The summed E-state index contributed by atoms with van der Waals surface area (Å²) in [7, 11) is 0. The van der Waals surface area contributed by atoms with Crippen LogP contribution in [0.3, 0.4) is 0 Å². The average Bonchev–Trinajstić information content (AvgIpc) is 2.81. The van der Waals surface area contributed by atoms with E-state index in [4.69, 9.17) is 4.74 Å². The molecule has 5 heteroatoms. The molecule has 0 atom stereocenters. The summed E-state index contributed by atoms with van der Waals surface area (Å²) in [5.41, 5.74) is 2.78. The minimum Gasteiger partial charge on any atom is -0.489 e. The van der Waals surface area contributed by atoms with E-state index in [0.717, 1.165) is 18.4 Å². The number of nitriles is 1. The van der Waals surface area contributed by atoms with E-state index in [1.165, 1.54) is 23.8 Å². The van der Waals surface area contributed by atoms with Crippen LogP contribution in [0.1, 0.15) is 23.1 Å². The number of benzene rings is 3. The molecule has 0 fully saturated rings. The predicted octanol–water partition coefficient (Wildman–Crippen LogP) is 5.06. The minimum absolute atomic E-state index is 0.0374. The quantitative estimate of drug-likeness (QED) is 0.302. The Morgan fingerprint density at radius 3 is 2.52 bits per heavy atom. The lowest BCUT2D eigenvalue weighted by molar-refractivity contribution is -0.117. The smallest absolute Gasteiger partial charge is 0.261 e. The molecule has 0 radical (unpaired) electrons. The lowest BCUT2D eigenvalue weighted by atomic mass is 10.1. The number of hydrogen-bond acceptors (Lipinski definition) is 3. The molecule has 31 heavy (non-hydrogen) atoms. The van der Waals surface area contributed by atoms with Gasteiger partial charge in [-0.15, -0.1) is 0 Å². The number of halogens is 1. The highest BCUT2D eigenvalue weighted by atomic mass is 19.1. The van der Waals surface area contributed by atoms with Gasteiger partial charge in [0.1, 0.15) is 29.8 Å². The molecule has 0 heterocycles. The molecule has 3 aromatic carbocycles. The van der Waals surface area contributed by atoms with Crippen LogP contribution in [0.25, 0.3) is 6.08 Å². The molecule has 0 bridgehead atoms. The molecule has 156 valence electrons. The molecular weight excluding hydrogens is 391 g/mol. The fourth-order valence-corrected chi connectivity index (χ4v) is 2.99. The van der Waals surface area contributed by atoms with Gasteiger partial charge in [-0.25, -0.2) is 4.39 Å². The Hall–Kier alpha value is -3.91. The van der Waals surface area contributed by atoms with Crippen molar-refractivity contribution < 1.29 is 13.9 Å². The first-order valence-corrected chi connectivity index (χ1v) is 10.1. The monoisotopic (exact) mass is 414 g/mol. The van der Waals surface area contributed by atoms with E-state index < -0.39 is 5.91 Å². The minimum atomic E-state index is -0.395. The third-order valence-corrected chi connectivity index (χ3v) is 4.62. The number of aryl methyl sites for hydroxylation is 1. The molecule has 0 aromatic heterocycles. The van der Waals surface area contributed by atoms with Gasteiger partial charge in [-0.3, -0.25) is 4.79 Å². The normalized spacial score (nSPS) is 10.9. The molecule has 0 unspecified atom stereocenters. The number of ether oxygens (including phenoxy) is 1. The summed E-state index contributed by atoms with van der Waals surface area (Å²) in [4.78, 5) is 12.3. The van der Waals surface area contributed by atoms with Gasteiger partial charge in [0.2, 0.25) is 0 Å². The average molecular weight is 414 g/mol. The first kappa shape index (κ1) is 21.8. The van der Waals surface area contributed by atoms with Crippen molar-refractivity contribution in [3.63, 3.8) is 0 Å². The van der Waals surface area contributed by atoms with E-state index in [-0.39, 0.29) is 11.4 Å². The molecule has 0 spiro atoms. The van der Waals surface area contributed by atoms with E-state index in [9.17, 15) is 14.4 Å². The van der Waals surface area contributed by atoms with Crippen LogP contribution in [0.5, 0.6) is 5.75 Å². The number of nitrogens with one attached hydrogen (secondary N) is 1. The second-order valence-corrected chi connectivity index (χ2v) is 7.00. The molecule has 3 rings (SSSR count). The fourth-order valence-electron chi connectivity index (χ4n) is 2.99. The summed E-state index contributed by atoms with van der Waals surface area (Å²) in [5, 5.41) is 12.2. The van der Waals surface area contributed by atoms with E-state index >= 15 is 0 Å². The van der Waals surface area contributed by atoms with Gasteiger partial charge in [-0.2, -0.15) is 5.26 Å². The summed E-state index contributed by atoms with van der Waals surface area (Å²) in [6.45, 7) is 0.786. The van der Waals surface area contributed by atoms with Crippen LogP contribution in [-0.2, 0) is 17.8 Å². The highest BCUT2D eigenvalue weighted by Gasteiger charge is 2.09. The van der Waals surface area contributed by atoms with Gasteiger partial charge in [-0.05, 0) is 59.9 Å². The largest absolute Gasteiger partial charge is 0.489 e. The summed E-state index contributed by atoms with van der Waals surface area (Å²) in [6, 6.07) is 25.2. The van der Waals surface area contributed by atoms with Crippen LogP contribution in [0.2, 0.25) is 0 Å². The van der Waals surface area contributed by atoms with Crippen LogP contribution < -0.4 is 10.1 Å². The first-order chi connectivity index (χ1) is 15.1. The van der Waals surface area contributed by atoms with E-state index in [1.807, 2.05) is 36.4 Å². The summed E-state index contributed by atoms with van der Waals surface area (Å²) >= 11 is 0. The third-order valence-electron chi connectivity index (χ3n) is 4.62. The lowest BCUT2D eigenvalue weighted by Gasteiger charge is -2.08. The molecule has 0 aliphatic carbocycles. The topological polar surface area (TPSA) is 62.1 Å². The van der Waals surface area contributed by atoms with Gasteiger partial charge in [0.15, 0.2) is 0 Å². The van der Waals surface area contributed by atoms with Crippen molar-refractivity contribution in [2.75, 3.05) is 6.54 Å². The molecular formula is C26H23FN2O2. The Morgan fingerprint density at radius 1 is 1.00 bits per heavy atom. The number of carbonyl (C=O) groups is 1. The highest BCUT2D eigenvalue weighted by molar-refractivity contribution is 6.01. The number of rotatable bonds is 9. The van der Waals surface area contributed by atoms with Crippen molar-refractivity contribution in [1.29, 1.82) is 5.26 Å². The van der Waals surface area contributed by atoms with E-state index in [2.05, 4.69) is 5.32 Å². The van der Waals surface area contributed by atoms with Crippen LogP contribution >= 0.6 is 0 Å². The van der Waals surface area contributed by atoms with Crippen LogP contribution in [0, 0.1) is 17.1 Å². The Morgan fingerprint density at radius 2 is 1.77 bits per heavy atom. The molecule has 0 aliphatic rings. The first-order valence-electron chi connectivity index (χ1n) is 10.1. The SMILES string of the molecule is N#C/C(=C/c1cccc(OCc2ccc(F)cc2)c1)C(=O)NCCCc1ccccc1. The molecule has 3 aromatic rings.